The molecule has 4 aromatic rings. The van der Waals surface area contributed by atoms with E-state index in [1.54, 1.807) is 23.9 Å². The predicted molar refractivity (Wildman–Crippen MR) is 148 cm³/mol. The summed E-state index contributed by atoms with van der Waals surface area (Å²) in [6.07, 6.45) is -1.17. The van der Waals surface area contributed by atoms with Crippen LogP contribution in [0.1, 0.15) is 50.9 Å². The Morgan fingerprint density at radius 1 is 0.816 bits per heavy atom. The van der Waals surface area contributed by atoms with Gasteiger partial charge in [-0.15, -0.1) is 11.8 Å². The summed E-state index contributed by atoms with van der Waals surface area (Å²) in [6.45, 7) is -0.0249. The van der Waals surface area contributed by atoms with E-state index in [2.05, 4.69) is 12.1 Å². The Hall–Kier alpha value is -3.62. The molecule has 5 rings (SSSR count). The second-order valence-corrected chi connectivity index (χ2v) is 10.3. The van der Waals surface area contributed by atoms with Crippen molar-refractivity contribution in [2.24, 2.45) is 0 Å². The summed E-state index contributed by atoms with van der Waals surface area (Å²) in [5.41, 5.74) is 10.7. The molecular weight excluding hydrogens is 498 g/mol. The van der Waals surface area contributed by atoms with E-state index in [-0.39, 0.29) is 30.3 Å². The minimum Gasteiger partial charge on any atom is -0.478 e. The molecule has 0 amide bonds. The number of nitrogen functional groups attached to an aromatic ring is 1. The second kappa shape index (κ2) is 11.8. The molecule has 4 aromatic carbocycles. The van der Waals surface area contributed by atoms with Crippen molar-refractivity contribution < 1.29 is 24.5 Å². The lowest BCUT2D eigenvalue weighted by Crippen LogP contribution is -2.38. The number of aromatic carboxylic acids is 1. The second-order valence-electron chi connectivity index (χ2n) is 9.21. The predicted octanol–water partition coefficient (Wildman–Crippen LogP) is 6.19. The molecule has 1 aliphatic heterocycles. The number of carbonyl (C=O) groups is 1. The average Bonchev–Trinajstić information content (AvgIpc) is 2.96. The van der Waals surface area contributed by atoms with Crippen LogP contribution < -0.4 is 5.73 Å². The molecule has 0 bridgehead atoms. The van der Waals surface area contributed by atoms with Crippen LogP contribution in [0, 0.1) is 0 Å². The van der Waals surface area contributed by atoms with Crippen LogP contribution in [0.5, 0.6) is 0 Å². The SMILES string of the molecule is Nc1cccc(C2OC(CSc3ccc(C(=O)O)cc3)C(c3ccccc3)C(c3ccc(CO)cc3)O2)c1. The van der Waals surface area contributed by atoms with E-state index >= 15 is 0 Å². The Balaban J connectivity index is 1.51. The lowest BCUT2D eigenvalue weighted by molar-refractivity contribution is -0.255. The average molecular weight is 528 g/mol. The number of anilines is 1. The van der Waals surface area contributed by atoms with Crippen molar-refractivity contribution in [1.82, 2.24) is 0 Å². The van der Waals surface area contributed by atoms with Gasteiger partial charge in [-0.3, -0.25) is 0 Å². The number of hydrogen-bond donors (Lipinski definition) is 3. The van der Waals surface area contributed by atoms with Gasteiger partial charge in [-0.25, -0.2) is 4.79 Å². The van der Waals surface area contributed by atoms with E-state index in [0.717, 1.165) is 27.1 Å². The molecule has 0 radical (unpaired) electrons. The summed E-state index contributed by atoms with van der Waals surface area (Å²) in [6, 6.07) is 32.5. The van der Waals surface area contributed by atoms with E-state index in [0.29, 0.717) is 11.4 Å². The molecule has 194 valence electrons. The monoisotopic (exact) mass is 527 g/mol. The van der Waals surface area contributed by atoms with E-state index in [9.17, 15) is 15.0 Å². The molecule has 4 atom stereocenters. The Morgan fingerprint density at radius 3 is 2.18 bits per heavy atom. The highest BCUT2D eigenvalue weighted by Crippen LogP contribution is 2.48. The van der Waals surface area contributed by atoms with Crippen molar-refractivity contribution in [2.75, 3.05) is 11.5 Å². The summed E-state index contributed by atoms with van der Waals surface area (Å²) >= 11 is 1.62. The summed E-state index contributed by atoms with van der Waals surface area (Å²) in [4.78, 5) is 12.2. The maximum atomic E-state index is 11.3. The van der Waals surface area contributed by atoms with Crippen molar-refractivity contribution in [2.45, 2.75) is 35.9 Å². The van der Waals surface area contributed by atoms with Gasteiger partial charge in [-0.05, 0) is 53.1 Å². The fraction of sp³-hybridized carbons (Fsp3) is 0.194. The number of benzene rings is 4. The van der Waals surface area contributed by atoms with Gasteiger partial charge in [-0.1, -0.05) is 66.7 Å². The number of carboxylic acid groups (broad SMARTS) is 1. The Kier molecular flexibility index (Phi) is 8.10. The van der Waals surface area contributed by atoms with Crippen molar-refractivity contribution in [3.05, 3.63) is 131 Å². The number of rotatable bonds is 8. The van der Waals surface area contributed by atoms with Gasteiger partial charge in [0.2, 0.25) is 0 Å². The fourth-order valence-electron chi connectivity index (χ4n) is 4.73. The molecule has 1 heterocycles. The fourth-order valence-corrected chi connectivity index (χ4v) is 5.70. The van der Waals surface area contributed by atoms with Crippen LogP contribution >= 0.6 is 11.8 Å². The maximum absolute atomic E-state index is 11.3. The van der Waals surface area contributed by atoms with Crippen LogP contribution in [-0.2, 0) is 16.1 Å². The van der Waals surface area contributed by atoms with Crippen LogP contribution in [0.15, 0.2) is 108 Å². The van der Waals surface area contributed by atoms with Crippen LogP contribution in [0.3, 0.4) is 0 Å². The van der Waals surface area contributed by atoms with Gasteiger partial charge in [0.15, 0.2) is 6.29 Å². The largest absolute Gasteiger partial charge is 0.478 e. The first kappa shape index (κ1) is 26.0. The first-order chi connectivity index (χ1) is 18.5. The third-order valence-electron chi connectivity index (χ3n) is 6.67. The van der Waals surface area contributed by atoms with Crippen LogP contribution in [0.4, 0.5) is 5.69 Å². The van der Waals surface area contributed by atoms with Crippen molar-refractivity contribution in [3.63, 3.8) is 0 Å². The van der Waals surface area contributed by atoms with Crippen LogP contribution in [0.25, 0.3) is 0 Å². The Labute approximate surface area is 226 Å². The van der Waals surface area contributed by atoms with Gasteiger partial charge in [0.25, 0.3) is 0 Å². The van der Waals surface area contributed by atoms with Crippen molar-refractivity contribution >= 4 is 23.4 Å². The topological polar surface area (TPSA) is 102 Å². The first-order valence-electron chi connectivity index (χ1n) is 12.4. The van der Waals surface area contributed by atoms with Gasteiger partial charge in [0.1, 0.15) is 0 Å². The zero-order valence-electron chi connectivity index (χ0n) is 20.6. The van der Waals surface area contributed by atoms with E-state index in [1.165, 1.54) is 0 Å². The molecule has 38 heavy (non-hydrogen) atoms. The molecule has 4 unspecified atom stereocenters. The summed E-state index contributed by atoms with van der Waals surface area (Å²) in [5, 5.41) is 18.8. The van der Waals surface area contributed by atoms with Crippen molar-refractivity contribution in [1.29, 1.82) is 0 Å². The summed E-state index contributed by atoms with van der Waals surface area (Å²) < 4.78 is 13.3. The summed E-state index contributed by atoms with van der Waals surface area (Å²) in [7, 11) is 0. The highest BCUT2D eigenvalue weighted by atomic mass is 32.2. The number of hydrogen-bond acceptors (Lipinski definition) is 6. The lowest BCUT2D eigenvalue weighted by Gasteiger charge is -2.43. The molecule has 0 saturated carbocycles. The Bertz CT molecular complexity index is 1360. The number of nitrogens with two attached hydrogens (primary N) is 1. The van der Waals surface area contributed by atoms with E-state index in [1.807, 2.05) is 78.9 Å². The van der Waals surface area contributed by atoms with Gasteiger partial charge in [-0.2, -0.15) is 0 Å². The third kappa shape index (κ3) is 5.92. The molecule has 0 spiro atoms. The van der Waals surface area contributed by atoms with Crippen molar-refractivity contribution in [3.8, 4) is 0 Å². The van der Waals surface area contributed by atoms with Gasteiger partial charge >= 0.3 is 5.97 Å². The smallest absolute Gasteiger partial charge is 0.335 e. The maximum Gasteiger partial charge on any atom is 0.335 e. The molecule has 7 heteroatoms. The number of aliphatic hydroxyl groups excluding tert-OH is 1. The summed E-state index contributed by atoms with van der Waals surface area (Å²) in [5.74, 6) is -0.433. The normalized spacial score (nSPS) is 21.2. The zero-order chi connectivity index (χ0) is 26.5. The number of thioether (sulfide) groups is 1. The molecular formula is C31H29NO5S. The molecule has 1 saturated heterocycles. The molecule has 4 N–H and O–H groups in total. The van der Waals surface area contributed by atoms with Gasteiger partial charge in [0, 0.05) is 27.8 Å². The molecule has 1 aliphatic rings. The van der Waals surface area contributed by atoms with Gasteiger partial charge < -0.3 is 25.4 Å². The molecule has 0 aromatic heterocycles. The van der Waals surface area contributed by atoms with Gasteiger partial charge in [0.05, 0.1) is 24.4 Å². The molecule has 1 fully saturated rings. The minimum absolute atomic E-state index is 0.0249. The minimum atomic E-state index is -0.946. The van der Waals surface area contributed by atoms with Crippen LogP contribution in [-0.4, -0.2) is 28.0 Å². The third-order valence-corrected chi connectivity index (χ3v) is 7.77. The highest BCUT2D eigenvalue weighted by Gasteiger charge is 2.41. The first-order valence-corrected chi connectivity index (χ1v) is 13.4. The molecule has 0 aliphatic carbocycles. The standard InChI is InChI=1S/C31H29NO5S/c32-25-8-4-7-24(17-25)31-36-27(19-38-26-15-13-23(14-16-26)30(34)35)28(21-5-2-1-3-6-21)29(37-31)22-11-9-20(18-33)10-12-22/h1-17,27-29,31,33H,18-19,32H2,(H,34,35). The lowest BCUT2D eigenvalue weighted by atomic mass is 9.84. The Morgan fingerprint density at radius 2 is 1.53 bits per heavy atom. The quantitative estimate of drug-likeness (QED) is 0.185. The van der Waals surface area contributed by atoms with E-state index in [4.69, 9.17) is 15.2 Å². The van der Waals surface area contributed by atoms with E-state index < -0.39 is 12.3 Å². The number of carboxylic acids is 1. The molecule has 6 nitrogen and oxygen atoms in total. The number of ether oxygens (including phenoxy) is 2. The number of aliphatic hydroxyl groups is 1. The zero-order valence-corrected chi connectivity index (χ0v) is 21.5. The van der Waals surface area contributed by atoms with Crippen LogP contribution in [0.2, 0.25) is 0 Å². The highest BCUT2D eigenvalue weighted by molar-refractivity contribution is 7.99.